The van der Waals surface area contributed by atoms with E-state index in [0.29, 0.717) is 11.3 Å². The molecule has 108 valence electrons. The van der Waals surface area contributed by atoms with Crippen molar-refractivity contribution in [3.8, 4) is 0 Å². The lowest BCUT2D eigenvalue weighted by molar-refractivity contribution is -0.116. The number of benzene rings is 1. The average molecular weight is 301 g/mol. The van der Waals surface area contributed by atoms with E-state index in [1.165, 1.54) is 10.6 Å². The van der Waals surface area contributed by atoms with Gasteiger partial charge in [0.15, 0.2) is 0 Å². The van der Waals surface area contributed by atoms with E-state index >= 15 is 0 Å². The summed E-state index contributed by atoms with van der Waals surface area (Å²) in [6.07, 6.45) is 0. The van der Waals surface area contributed by atoms with Gasteiger partial charge in [-0.3, -0.25) is 9.59 Å². The lowest BCUT2D eigenvalue weighted by Gasteiger charge is -2.12. The van der Waals surface area contributed by atoms with Gasteiger partial charge in [0.1, 0.15) is 11.5 Å². The normalized spacial score (nSPS) is 10.1. The van der Waals surface area contributed by atoms with Crippen LogP contribution in [0.4, 0.5) is 5.69 Å². The molecule has 0 saturated carbocycles. The number of aryl methyl sites for hydroxylation is 1. The summed E-state index contributed by atoms with van der Waals surface area (Å²) in [7, 11) is 0. The Morgan fingerprint density at radius 1 is 1.24 bits per heavy atom. The fourth-order valence-corrected chi connectivity index (χ4v) is 2.14. The van der Waals surface area contributed by atoms with Crippen molar-refractivity contribution in [2.45, 2.75) is 13.5 Å². The van der Waals surface area contributed by atoms with Gasteiger partial charge in [-0.15, -0.1) is 0 Å². The Balaban J connectivity index is 2.20. The molecule has 0 saturated heterocycles. The Hall–Kier alpha value is -2.47. The molecule has 1 aromatic carbocycles. The molecule has 0 fully saturated rings. The number of nitrogens with one attached hydrogen (secondary N) is 1. The maximum Gasteiger partial charge on any atom is 0.251 e. The zero-order chi connectivity index (χ0) is 15.4. The van der Waals surface area contributed by atoms with Crippen LogP contribution < -0.4 is 16.6 Å². The van der Waals surface area contributed by atoms with E-state index in [2.05, 4.69) is 5.32 Å². The van der Waals surface area contributed by atoms with Crippen molar-refractivity contribution in [2.24, 2.45) is 5.73 Å². The fraction of sp³-hybridized carbons (Fsp3) is 0.133. The van der Waals surface area contributed by atoms with E-state index in [1.807, 2.05) is 0 Å². The van der Waals surface area contributed by atoms with Crippen molar-refractivity contribution in [2.75, 3.05) is 5.32 Å². The molecule has 0 aliphatic rings. The number of nitrogens with zero attached hydrogens (tertiary/aromatic N) is 1. The topological polar surface area (TPSA) is 77.1 Å². The number of anilines is 1. The van der Waals surface area contributed by atoms with Crippen LogP contribution in [0.25, 0.3) is 0 Å². The third kappa shape index (κ3) is 3.55. The van der Waals surface area contributed by atoms with E-state index in [0.717, 1.165) is 5.69 Å². The van der Waals surface area contributed by atoms with Crippen LogP contribution in [0, 0.1) is 6.92 Å². The van der Waals surface area contributed by atoms with Gasteiger partial charge in [-0.1, -0.05) is 30.4 Å². The monoisotopic (exact) mass is 301 g/mol. The minimum atomic E-state index is -0.310. The minimum Gasteiger partial charge on any atom is -0.389 e. The Bertz CT molecular complexity index is 753. The number of pyridine rings is 1. The molecule has 1 aromatic heterocycles. The van der Waals surface area contributed by atoms with Crippen molar-refractivity contribution in [1.29, 1.82) is 0 Å². The Morgan fingerprint density at radius 3 is 2.62 bits per heavy atom. The van der Waals surface area contributed by atoms with E-state index in [4.69, 9.17) is 18.0 Å². The Kier molecular flexibility index (Phi) is 4.49. The molecular weight excluding hydrogens is 286 g/mol. The predicted octanol–water partition coefficient (Wildman–Crippen LogP) is 1.43. The first-order valence-corrected chi connectivity index (χ1v) is 6.75. The standard InChI is InChI=1S/C15H15N3O2S/c1-10-5-4-8-14(20)18(10)9-13(19)17-12-7-3-2-6-11(12)15(16)21/h2-8H,9H2,1H3,(H2,16,21)(H,17,19). The second kappa shape index (κ2) is 6.32. The maximum atomic E-state index is 12.1. The van der Waals surface area contributed by atoms with Crippen molar-refractivity contribution in [3.05, 3.63) is 64.1 Å². The van der Waals surface area contributed by atoms with Crippen LogP contribution in [0.3, 0.4) is 0 Å². The van der Waals surface area contributed by atoms with Crippen molar-refractivity contribution < 1.29 is 4.79 Å². The Labute approximate surface area is 127 Å². The summed E-state index contributed by atoms with van der Waals surface area (Å²) in [4.78, 5) is 24.1. The van der Waals surface area contributed by atoms with Gasteiger partial charge < -0.3 is 15.6 Å². The highest BCUT2D eigenvalue weighted by molar-refractivity contribution is 7.80. The summed E-state index contributed by atoms with van der Waals surface area (Å²) in [5.74, 6) is -0.310. The third-order valence-electron chi connectivity index (χ3n) is 3.04. The summed E-state index contributed by atoms with van der Waals surface area (Å²) >= 11 is 4.94. The zero-order valence-electron chi connectivity index (χ0n) is 11.5. The van der Waals surface area contributed by atoms with Crippen molar-refractivity contribution in [1.82, 2.24) is 4.57 Å². The van der Waals surface area contributed by atoms with Gasteiger partial charge in [-0.25, -0.2) is 0 Å². The first-order chi connectivity index (χ1) is 9.99. The first-order valence-electron chi connectivity index (χ1n) is 6.34. The van der Waals surface area contributed by atoms with E-state index in [9.17, 15) is 9.59 Å². The van der Waals surface area contributed by atoms with Crippen LogP contribution in [-0.2, 0) is 11.3 Å². The van der Waals surface area contributed by atoms with Crippen molar-refractivity contribution >= 4 is 28.8 Å². The van der Waals surface area contributed by atoms with Crippen LogP contribution >= 0.6 is 12.2 Å². The second-order valence-corrected chi connectivity index (χ2v) is 4.99. The number of amides is 1. The van der Waals surface area contributed by atoms with Crippen LogP contribution in [0.2, 0.25) is 0 Å². The van der Waals surface area contributed by atoms with E-state index in [1.54, 1.807) is 43.3 Å². The number of aromatic nitrogens is 1. The highest BCUT2D eigenvalue weighted by atomic mass is 32.1. The first kappa shape index (κ1) is 14.9. The molecule has 0 spiro atoms. The Morgan fingerprint density at radius 2 is 1.95 bits per heavy atom. The minimum absolute atomic E-state index is 0.0584. The van der Waals surface area contributed by atoms with Gasteiger partial charge in [0.25, 0.3) is 5.56 Å². The van der Waals surface area contributed by atoms with Gasteiger partial charge in [0.2, 0.25) is 5.91 Å². The van der Waals surface area contributed by atoms with E-state index in [-0.39, 0.29) is 23.0 Å². The van der Waals surface area contributed by atoms with Crippen LogP contribution in [0.1, 0.15) is 11.3 Å². The average Bonchev–Trinajstić information content (AvgIpc) is 2.43. The summed E-state index contributed by atoms with van der Waals surface area (Å²) in [6.45, 7) is 1.72. The van der Waals surface area contributed by atoms with Crippen LogP contribution in [0.5, 0.6) is 0 Å². The number of hydrogen-bond acceptors (Lipinski definition) is 3. The van der Waals surface area contributed by atoms with Gasteiger partial charge in [-0.2, -0.15) is 0 Å². The lowest BCUT2D eigenvalue weighted by atomic mass is 10.2. The van der Waals surface area contributed by atoms with E-state index < -0.39 is 0 Å². The number of hydrogen-bond donors (Lipinski definition) is 2. The summed E-state index contributed by atoms with van der Waals surface area (Å²) in [5.41, 5.74) is 7.26. The highest BCUT2D eigenvalue weighted by Crippen LogP contribution is 2.14. The highest BCUT2D eigenvalue weighted by Gasteiger charge is 2.10. The molecule has 2 aromatic rings. The predicted molar refractivity (Wildman–Crippen MR) is 86.4 cm³/mol. The van der Waals surface area contributed by atoms with Gasteiger partial charge in [0, 0.05) is 17.3 Å². The molecule has 5 nitrogen and oxygen atoms in total. The number of rotatable bonds is 4. The number of nitrogens with two attached hydrogens (primary N) is 1. The third-order valence-corrected chi connectivity index (χ3v) is 3.26. The van der Waals surface area contributed by atoms with Crippen LogP contribution in [0.15, 0.2) is 47.3 Å². The number of para-hydroxylation sites is 1. The quantitative estimate of drug-likeness (QED) is 0.838. The van der Waals surface area contributed by atoms with Gasteiger partial charge in [0.05, 0.1) is 5.69 Å². The number of thiocarbonyl (C=S) groups is 1. The summed E-state index contributed by atoms with van der Waals surface area (Å²) < 4.78 is 1.40. The zero-order valence-corrected chi connectivity index (χ0v) is 12.3. The molecule has 0 radical (unpaired) electrons. The summed E-state index contributed by atoms with van der Waals surface area (Å²) in [5, 5.41) is 2.73. The number of carbonyl (C=O) groups is 1. The molecule has 0 unspecified atom stereocenters. The smallest absolute Gasteiger partial charge is 0.251 e. The molecule has 0 aliphatic carbocycles. The molecule has 0 atom stereocenters. The summed E-state index contributed by atoms with van der Waals surface area (Å²) in [6, 6.07) is 11.9. The molecule has 3 N–H and O–H groups in total. The van der Waals surface area contributed by atoms with Crippen molar-refractivity contribution in [3.63, 3.8) is 0 Å². The van der Waals surface area contributed by atoms with Gasteiger partial charge >= 0.3 is 0 Å². The fourth-order valence-electron chi connectivity index (χ4n) is 1.97. The molecule has 21 heavy (non-hydrogen) atoms. The molecule has 2 rings (SSSR count). The molecule has 0 bridgehead atoms. The SMILES string of the molecule is Cc1cccc(=O)n1CC(=O)Nc1ccccc1C(N)=S. The molecule has 1 amide bonds. The maximum absolute atomic E-state index is 12.1. The van der Waals surface area contributed by atoms with Crippen LogP contribution in [-0.4, -0.2) is 15.5 Å². The largest absolute Gasteiger partial charge is 0.389 e. The van der Waals surface area contributed by atoms with Gasteiger partial charge in [-0.05, 0) is 25.1 Å². The molecule has 0 aliphatic heterocycles. The molecule has 6 heteroatoms. The number of carbonyl (C=O) groups excluding carboxylic acids is 1. The molecule has 1 heterocycles. The lowest BCUT2D eigenvalue weighted by Crippen LogP contribution is -2.29. The second-order valence-electron chi connectivity index (χ2n) is 4.55. The molecular formula is C15H15N3O2S.